The molecule has 5 nitrogen and oxygen atoms in total. The van der Waals surface area contributed by atoms with Gasteiger partial charge in [0.05, 0.1) is 6.54 Å². The van der Waals surface area contributed by atoms with Crippen molar-refractivity contribution in [3.63, 3.8) is 0 Å². The molecule has 0 radical (unpaired) electrons. The lowest BCUT2D eigenvalue weighted by molar-refractivity contribution is -0.121. The Morgan fingerprint density at radius 1 is 1.22 bits per heavy atom. The summed E-state index contributed by atoms with van der Waals surface area (Å²) >= 11 is 3.33. The molecule has 1 aromatic rings. The number of carbonyl (C=O) groups is 2. The molecule has 1 heterocycles. The molecule has 1 aliphatic rings. The first-order valence-corrected chi connectivity index (χ1v) is 8.93. The molecule has 0 aromatic heterocycles. The molecule has 6 heteroatoms. The summed E-state index contributed by atoms with van der Waals surface area (Å²) < 4.78 is 0.918. The number of nitrogens with one attached hydrogen (secondary N) is 2. The summed E-state index contributed by atoms with van der Waals surface area (Å²) in [6.45, 7) is 5.39. The molecular formula is C17H24BrN3O2. The second-order valence-corrected chi connectivity index (χ2v) is 6.79. The quantitative estimate of drug-likeness (QED) is 0.793. The molecule has 1 fully saturated rings. The van der Waals surface area contributed by atoms with E-state index in [0.717, 1.165) is 36.9 Å². The molecule has 2 N–H and O–H groups in total. The topological polar surface area (TPSA) is 61.4 Å². The van der Waals surface area contributed by atoms with Crippen molar-refractivity contribution in [1.82, 2.24) is 15.5 Å². The van der Waals surface area contributed by atoms with E-state index in [1.165, 1.54) is 6.42 Å². The number of halogens is 1. The maximum Gasteiger partial charge on any atom is 0.251 e. The average molecular weight is 382 g/mol. The standard InChI is InChI=1S/C17H24BrN3O2/c1-2-9-21-10-7-15(8-11-21)20-16(22)12-19-17(23)13-3-5-14(18)6-4-13/h3-6,15H,2,7-12H2,1H3,(H,19,23)(H,20,22). The van der Waals surface area contributed by atoms with Crippen LogP contribution in [0.3, 0.4) is 0 Å². The molecule has 23 heavy (non-hydrogen) atoms. The maximum atomic E-state index is 12.0. The third-order valence-electron chi connectivity index (χ3n) is 4.01. The Balaban J connectivity index is 1.69. The highest BCUT2D eigenvalue weighted by molar-refractivity contribution is 9.10. The Hall–Kier alpha value is -1.40. The van der Waals surface area contributed by atoms with E-state index in [2.05, 4.69) is 38.4 Å². The van der Waals surface area contributed by atoms with Gasteiger partial charge in [-0.1, -0.05) is 22.9 Å². The van der Waals surface area contributed by atoms with Gasteiger partial charge in [-0.2, -0.15) is 0 Å². The van der Waals surface area contributed by atoms with E-state index in [9.17, 15) is 9.59 Å². The smallest absolute Gasteiger partial charge is 0.251 e. The average Bonchev–Trinajstić information content (AvgIpc) is 2.55. The van der Waals surface area contributed by atoms with Crippen molar-refractivity contribution in [3.8, 4) is 0 Å². The summed E-state index contributed by atoms with van der Waals surface area (Å²) in [6.07, 6.45) is 3.12. The summed E-state index contributed by atoms with van der Waals surface area (Å²) in [4.78, 5) is 26.3. The van der Waals surface area contributed by atoms with Gasteiger partial charge in [0.2, 0.25) is 5.91 Å². The van der Waals surface area contributed by atoms with Crippen molar-refractivity contribution in [2.24, 2.45) is 0 Å². The first-order chi connectivity index (χ1) is 11.1. The van der Waals surface area contributed by atoms with Gasteiger partial charge in [0.25, 0.3) is 5.91 Å². The molecule has 2 rings (SSSR count). The van der Waals surface area contributed by atoms with Gasteiger partial charge in [-0.15, -0.1) is 0 Å². The third kappa shape index (κ3) is 5.95. The van der Waals surface area contributed by atoms with Crippen LogP contribution in [0.4, 0.5) is 0 Å². The predicted octanol–water partition coefficient (Wildman–Crippen LogP) is 2.17. The van der Waals surface area contributed by atoms with Crippen molar-refractivity contribution in [2.75, 3.05) is 26.2 Å². The zero-order chi connectivity index (χ0) is 16.7. The number of amides is 2. The Kier molecular flexibility index (Phi) is 7.05. The molecule has 0 unspecified atom stereocenters. The molecule has 1 aliphatic heterocycles. The molecule has 0 aliphatic carbocycles. The fourth-order valence-electron chi connectivity index (χ4n) is 2.76. The SMILES string of the molecule is CCCN1CCC(NC(=O)CNC(=O)c2ccc(Br)cc2)CC1. The van der Waals surface area contributed by atoms with Crippen LogP contribution in [0.1, 0.15) is 36.5 Å². The van der Waals surface area contributed by atoms with E-state index in [1.807, 2.05) is 0 Å². The Morgan fingerprint density at radius 3 is 2.48 bits per heavy atom. The minimum absolute atomic E-state index is 0.0179. The number of carbonyl (C=O) groups excluding carboxylic acids is 2. The van der Waals surface area contributed by atoms with Crippen molar-refractivity contribution < 1.29 is 9.59 Å². The van der Waals surface area contributed by atoms with Crippen LogP contribution in [-0.4, -0.2) is 48.9 Å². The second-order valence-electron chi connectivity index (χ2n) is 5.87. The maximum absolute atomic E-state index is 12.0. The van der Waals surface area contributed by atoms with Crippen molar-refractivity contribution in [1.29, 1.82) is 0 Å². The van der Waals surface area contributed by atoms with E-state index >= 15 is 0 Å². The summed E-state index contributed by atoms with van der Waals surface area (Å²) in [5.74, 6) is -0.352. The zero-order valence-electron chi connectivity index (χ0n) is 13.5. The van der Waals surface area contributed by atoms with E-state index in [-0.39, 0.29) is 24.4 Å². The zero-order valence-corrected chi connectivity index (χ0v) is 15.1. The third-order valence-corrected chi connectivity index (χ3v) is 4.54. The molecule has 126 valence electrons. The van der Waals surface area contributed by atoms with Crippen LogP contribution >= 0.6 is 15.9 Å². The van der Waals surface area contributed by atoms with Crippen LogP contribution in [-0.2, 0) is 4.79 Å². The van der Waals surface area contributed by atoms with E-state index in [0.29, 0.717) is 5.56 Å². The van der Waals surface area contributed by atoms with Gasteiger partial charge in [-0.05, 0) is 50.1 Å². The van der Waals surface area contributed by atoms with Crippen LogP contribution in [0.2, 0.25) is 0 Å². The number of likely N-dealkylation sites (tertiary alicyclic amines) is 1. The number of nitrogens with zero attached hydrogens (tertiary/aromatic N) is 1. The number of piperidine rings is 1. The highest BCUT2D eigenvalue weighted by Crippen LogP contribution is 2.11. The van der Waals surface area contributed by atoms with E-state index < -0.39 is 0 Å². The Morgan fingerprint density at radius 2 is 1.87 bits per heavy atom. The molecule has 0 spiro atoms. The summed E-state index contributed by atoms with van der Waals surface area (Å²) in [5, 5.41) is 5.67. The number of benzene rings is 1. The van der Waals surface area contributed by atoms with Gasteiger partial charge in [-0.25, -0.2) is 0 Å². The Bertz CT molecular complexity index is 525. The minimum atomic E-state index is -0.231. The molecule has 1 saturated heterocycles. The van der Waals surface area contributed by atoms with Gasteiger partial charge < -0.3 is 15.5 Å². The fourth-order valence-corrected chi connectivity index (χ4v) is 3.02. The molecule has 1 aromatic carbocycles. The van der Waals surface area contributed by atoms with Crippen molar-refractivity contribution in [3.05, 3.63) is 34.3 Å². The monoisotopic (exact) mass is 381 g/mol. The number of rotatable bonds is 6. The van der Waals surface area contributed by atoms with Gasteiger partial charge in [-0.3, -0.25) is 9.59 Å². The van der Waals surface area contributed by atoms with Gasteiger partial charge in [0.1, 0.15) is 0 Å². The van der Waals surface area contributed by atoms with Crippen molar-refractivity contribution >= 4 is 27.7 Å². The van der Waals surface area contributed by atoms with E-state index in [4.69, 9.17) is 0 Å². The van der Waals surface area contributed by atoms with Crippen molar-refractivity contribution in [2.45, 2.75) is 32.2 Å². The van der Waals surface area contributed by atoms with Crippen LogP contribution in [0.15, 0.2) is 28.7 Å². The first kappa shape index (κ1) is 17.9. The second kappa shape index (κ2) is 9.03. The predicted molar refractivity (Wildman–Crippen MR) is 94.4 cm³/mol. The normalized spacial score (nSPS) is 16.1. The van der Waals surface area contributed by atoms with Gasteiger partial charge in [0.15, 0.2) is 0 Å². The summed E-state index contributed by atoms with van der Waals surface area (Å²) in [7, 11) is 0. The Labute approximate surface area is 145 Å². The lowest BCUT2D eigenvalue weighted by atomic mass is 10.0. The number of hydrogen-bond donors (Lipinski definition) is 2. The van der Waals surface area contributed by atoms with E-state index in [1.54, 1.807) is 24.3 Å². The largest absolute Gasteiger partial charge is 0.352 e. The molecule has 0 saturated carbocycles. The lowest BCUT2D eigenvalue weighted by Gasteiger charge is -2.32. The number of hydrogen-bond acceptors (Lipinski definition) is 3. The summed E-state index contributed by atoms with van der Waals surface area (Å²) in [6, 6.07) is 7.28. The fraction of sp³-hybridized carbons (Fsp3) is 0.529. The van der Waals surface area contributed by atoms with Crippen LogP contribution < -0.4 is 10.6 Å². The summed E-state index contributed by atoms with van der Waals surface area (Å²) in [5.41, 5.74) is 0.550. The molecule has 0 bridgehead atoms. The van der Waals surface area contributed by atoms with Gasteiger partial charge in [0, 0.05) is 29.2 Å². The highest BCUT2D eigenvalue weighted by Gasteiger charge is 2.20. The van der Waals surface area contributed by atoms with Crippen LogP contribution in [0.5, 0.6) is 0 Å². The van der Waals surface area contributed by atoms with Gasteiger partial charge >= 0.3 is 0 Å². The molecule has 2 amide bonds. The first-order valence-electron chi connectivity index (χ1n) is 8.14. The molecule has 0 atom stereocenters. The van der Waals surface area contributed by atoms with Crippen LogP contribution in [0, 0.1) is 0 Å². The minimum Gasteiger partial charge on any atom is -0.352 e. The lowest BCUT2D eigenvalue weighted by Crippen LogP contribution is -2.47. The highest BCUT2D eigenvalue weighted by atomic mass is 79.9. The molecular weight excluding hydrogens is 358 g/mol. The van der Waals surface area contributed by atoms with Crippen LogP contribution in [0.25, 0.3) is 0 Å².